The molecule has 30 valence electrons. The molecule has 0 aromatic heterocycles. The molecule has 0 fully saturated rings. The predicted octanol–water partition coefficient (Wildman–Crippen LogP) is -4.90. The Hall–Kier alpha value is 2.41. The third kappa shape index (κ3) is 21.5. The molecule has 3 N–H and O–H groups in total. The van der Waals surface area contributed by atoms with Gasteiger partial charge in [-0.1, -0.05) is 0 Å². The van der Waals surface area contributed by atoms with Crippen LogP contribution in [0.1, 0.15) is 0 Å². The van der Waals surface area contributed by atoms with Crippen molar-refractivity contribution in [1.29, 1.82) is 0 Å². The van der Waals surface area contributed by atoms with E-state index in [-0.39, 0.29) is 75.2 Å². The molecule has 0 saturated carbocycles. The number of rotatable bonds is 0. The van der Waals surface area contributed by atoms with E-state index in [9.17, 15) is 0 Å². The van der Waals surface area contributed by atoms with Crippen LogP contribution in [0.4, 0.5) is 0 Å². The summed E-state index contributed by atoms with van der Waals surface area (Å²) in [7, 11) is 1.75. The van der Waals surface area contributed by atoms with Crippen LogP contribution in [0, 0.1) is 0 Å². The average Bonchev–Trinajstić information content (AvgIpc) is 1.00. The Bertz CT molecular complexity index is 11.6. The van der Waals surface area contributed by atoms with E-state index in [0.717, 1.165) is 0 Å². The zero-order chi connectivity index (χ0) is 2.00. The van der Waals surface area contributed by atoms with Crippen molar-refractivity contribution < 1.29 is 29.7 Å². The van der Waals surface area contributed by atoms with E-state index in [1.165, 1.54) is 0 Å². The van der Waals surface area contributed by atoms with Crippen LogP contribution in [-0.4, -0.2) is 58.3 Å². The van der Waals surface area contributed by atoms with E-state index in [0.29, 0.717) is 0 Å². The third-order valence-corrected chi connectivity index (χ3v) is 0. The van der Waals surface area contributed by atoms with Gasteiger partial charge in [0.25, 0.3) is 0 Å². The van der Waals surface area contributed by atoms with Crippen molar-refractivity contribution in [2.75, 3.05) is 7.05 Å². The fourth-order valence-corrected chi connectivity index (χ4v) is 0. The smallest absolute Gasteiger partial charge is 0.0634 e. The van der Waals surface area contributed by atoms with E-state index >= 15 is 0 Å². The van der Waals surface area contributed by atoms with Crippen LogP contribution in [0.25, 0.3) is 0 Å². The van der Waals surface area contributed by atoms with Crippen LogP contribution < -0.4 is 29.7 Å². The summed E-state index contributed by atoms with van der Waals surface area (Å²) in [5, 5.41) is 0. The molecule has 0 aliphatic heterocycles. The molecule has 0 aromatic carbocycles. The average molecular weight is 485 g/mol. The summed E-state index contributed by atoms with van der Waals surface area (Å²) in [5.74, 6) is 0. The van der Waals surface area contributed by atoms with Crippen LogP contribution in [0.2, 0.25) is 0 Å². The molecule has 0 spiro atoms. The summed E-state index contributed by atoms with van der Waals surface area (Å²) in [6, 6.07) is 0. The van der Waals surface area contributed by atoms with Crippen molar-refractivity contribution >= 4 is 51.2 Å². The SMILES string of the molecule is C[NH3+].[I-].[Pb].[Sn]. The van der Waals surface area contributed by atoms with Gasteiger partial charge in [-0.15, -0.1) is 0 Å². The Balaban J connectivity index is -0.00000000167. The van der Waals surface area contributed by atoms with Crippen LogP contribution in [-0.2, 0) is 0 Å². The van der Waals surface area contributed by atoms with Crippen molar-refractivity contribution in [1.82, 2.24) is 0 Å². The number of quaternary nitrogens is 1. The molecule has 0 aliphatic carbocycles. The van der Waals surface area contributed by atoms with Gasteiger partial charge in [-0.2, -0.15) is 0 Å². The fourth-order valence-electron chi connectivity index (χ4n) is 0. The van der Waals surface area contributed by atoms with Gasteiger partial charge in [0.1, 0.15) is 0 Å². The van der Waals surface area contributed by atoms with Crippen molar-refractivity contribution in [2.45, 2.75) is 0 Å². The van der Waals surface area contributed by atoms with Crippen molar-refractivity contribution in [2.24, 2.45) is 0 Å². The van der Waals surface area contributed by atoms with Gasteiger partial charge in [-0.25, -0.2) is 0 Å². The van der Waals surface area contributed by atoms with Crippen LogP contribution >= 0.6 is 0 Å². The second-order valence-electron chi connectivity index (χ2n) is 0. The first-order valence-electron chi connectivity index (χ1n) is 0.707. The van der Waals surface area contributed by atoms with Gasteiger partial charge < -0.3 is 29.7 Å². The molecule has 0 saturated heterocycles. The second-order valence-corrected chi connectivity index (χ2v) is 0. The predicted molar refractivity (Wildman–Crippen MR) is 20.3 cm³/mol. The van der Waals surface area contributed by atoms with Crippen LogP contribution in [0.15, 0.2) is 0 Å². The fraction of sp³-hybridized carbons (Fsp3) is 1.00. The van der Waals surface area contributed by atoms with Crippen LogP contribution in [0.5, 0.6) is 0 Å². The first-order valence-corrected chi connectivity index (χ1v) is 0.707. The van der Waals surface area contributed by atoms with Gasteiger partial charge in [0.15, 0.2) is 0 Å². The quantitative estimate of drug-likeness (QED) is 0.264. The molecule has 0 aliphatic rings. The van der Waals surface area contributed by atoms with Gasteiger partial charge in [-0.05, 0) is 0 Å². The molecule has 1 nitrogen and oxygen atoms in total. The largest absolute Gasteiger partial charge is 1.00 e. The zero-order valence-corrected chi connectivity index (χ0v) is 12.0. The van der Waals surface area contributed by atoms with Gasteiger partial charge in [0, 0.05) is 51.2 Å². The topological polar surface area (TPSA) is 27.6 Å². The molecule has 4 heteroatoms. The molecule has 0 unspecified atom stereocenters. The second kappa shape index (κ2) is 32.3. The Kier molecular flexibility index (Phi) is 169. The van der Waals surface area contributed by atoms with E-state index in [1.54, 1.807) is 7.05 Å². The summed E-state index contributed by atoms with van der Waals surface area (Å²) in [4.78, 5) is 0. The minimum Gasteiger partial charge on any atom is -1.00 e. The van der Waals surface area contributed by atoms with Crippen LogP contribution in [0.3, 0.4) is 0 Å². The summed E-state index contributed by atoms with van der Waals surface area (Å²) in [6.07, 6.45) is 0. The number of hydrogen-bond donors (Lipinski definition) is 1. The summed E-state index contributed by atoms with van der Waals surface area (Å²) >= 11 is 0. The standard InChI is InChI=1S/CH5N.HI.Pb.Sn/c1-2;;;/h2H2,1H3;1H;;. The molecule has 8 radical (unpaired) electrons. The Labute approximate surface area is 86.6 Å². The third-order valence-electron chi connectivity index (χ3n) is 0. The monoisotopic (exact) mass is 487 g/mol. The van der Waals surface area contributed by atoms with Crippen molar-refractivity contribution in [3.05, 3.63) is 0 Å². The minimum atomic E-state index is 0. The van der Waals surface area contributed by atoms with Gasteiger partial charge in [0.05, 0.1) is 7.05 Å². The van der Waals surface area contributed by atoms with Gasteiger partial charge in [-0.3, -0.25) is 0 Å². The minimum absolute atomic E-state index is 0. The maximum absolute atomic E-state index is 3.25. The number of hydrogen-bond acceptors (Lipinski definition) is 0. The maximum Gasteiger partial charge on any atom is 0.0634 e. The number of halogens is 1. The van der Waals surface area contributed by atoms with Gasteiger partial charge in [0.2, 0.25) is 0 Å². The van der Waals surface area contributed by atoms with E-state index in [2.05, 4.69) is 5.73 Å². The van der Waals surface area contributed by atoms with E-state index < -0.39 is 0 Å². The molecule has 0 bridgehead atoms. The summed E-state index contributed by atoms with van der Waals surface area (Å²) < 4.78 is 0. The molecule has 0 rings (SSSR count). The first kappa shape index (κ1) is 26.2. The van der Waals surface area contributed by atoms with Crippen molar-refractivity contribution in [3.63, 3.8) is 0 Å². The summed E-state index contributed by atoms with van der Waals surface area (Å²) in [6.45, 7) is 0. The first-order chi connectivity index (χ1) is 1.00. The Morgan fingerprint density at radius 2 is 1.20 bits per heavy atom. The maximum atomic E-state index is 3.25. The Morgan fingerprint density at radius 3 is 1.20 bits per heavy atom. The Morgan fingerprint density at radius 1 is 1.20 bits per heavy atom. The normalized spacial score (nSPS) is 1.20. The molecule has 5 heavy (non-hydrogen) atoms. The molecular weight excluding hydrogens is 479 g/mol. The van der Waals surface area contributed by atoms with Crippen molar-refractivity contribution in [3.8, 4) is 0 Å². The zero-order valence-electron chi connectivity index (χ0n) is 3.09. The van der Waals surface area contributed by atoms with E-state index in [1.807, 2.05) is 0 Å². The molecule has 0 aromatic rings. The van der Waals surface area contributed by atoms with Gasteiger partial charge >= 0.3 is 0 Å². The summed E-state index contributed by atoms with van der Waals surface area (Å²) in [5.41, 5.74) is 3.25. The molecule has 0 atom stereocenters. The molecule has 0 heterocycles. The molecular formula is CH6INPbSn. The molecule has 0 amide bonds. The van der Waals surface area contributed by atoms with E-state index in [4.69, 9.17) is 0 Å².